The number of hydrogen-bond acceptors (Lipinski definition) is 6. The van der Waals surface area contributed by atoms with Gasteiger partial charge in [0.05, 0.1) is 6.10 Å². The van der Waals surface area contributed by atoms with Crippen molar-refractivity contribution in [2.75, 3.05) is 6.61 Å². The highest BCUT2D eigenvalue weighted by molar-refractivity contribution is 5.75. The Balaban J connectivity index is 1.67. The molecule has 0 radical (unpaired) electrons. The van der Waals surface area contributed by atoms with Crippen LogP contribution in [0.5, 0.6) is 5.75 Å². The molecule has 1 aromatic carbocycles. The number of pyridine rings is 1. The number of hydrogen-bond donors (Lipinski definition) is 2. The number of aliphatic hydroxyl groups is 1. The maximum Gasteiger partial charge on any atom is 0.283 e. The Morgan fingerprint density at radius 2 is 2.15 bits per heavy atom. The summed E-state index contributed by atoms with van der Waals surface area (Å²) in [6, 6.07) is 9.11. The number of rotatable bonds is 1. The molecule has 3 unspecified atom stereocenters. The van der Waals surface area contributed by atoms with Crippen LogP contribution in [0.2, 0.25) is 0 Å². The van der Waals surface area contributed by atoms with Gasteiger partial charge in [-0.25, -0.2) is 9.98 Å². The minimum Gasteiger partial charge on any atom is -0.490 e. The van der Waals surface area contributed by atoms with Crippen molar-refractivity contribution >= 4 is 6.02 Å². The normalized spacial score (nSPS) is 31.5. The van der Waals surface area contributed by atoms with Crippen LogP contribution in [0.3, 0.4) is 0 Å². The average molecular weight is 369 g/mol. The molecule has 2 aliphatic heterocycles. The lowest BCUT2D eigenvalue weighted by molar-refractivity contribution is -0.0360. The van der Waals surface area contributed by atoms with E-state index in [2.05, 4.69) is 9.98 Å². The van der Waals surface area contributed by atoms with E-state index in [1.807, 2.05) is 18.2 Å². The molecule has 3 N–H and O–H groups in total. The van der Waals surface area contributed by atoms with Gasteiger partial charge >= 0.3 is 0 Å². The molecule has 1 saturated carbocycles. The average Bonchev–Trinajstić information content (AvgIpc) is 3.04. The summed E-state index contributed by atoms with van der Waals surface area (Å²) >= 11 is 0. The van der Waals surface area contributed by atoms with Crippen molar-refractivity contribution in [3.05, 3.63) is 48.0 Å². The molecule has 0 amide bonds. The van der Waals surface area contributed by atoms with E-state index in [1.54, 1.807) is 12.1 Å². The number of aliphatic hydroxyl groups excluding tert-OH is 1. The Hall–Kier alpha value is -2.67. The van der Waals surface area contributed by atoms with Crippen molar-refractivity contribution in [1.82, 2.24) is 4.98 Å². The van der Waals surface area contributed by atoms with Gasteiger partial charge in [-0.2, -0.15) is 4.39 Å². The molecule has 3 heterocycles. The molecule has 1 aromatic heterocycles. The summed E-state index contributed by atoms with van der Waals surface area (Å²) in [7, 11) is 0. The number of aromatic nitrogens is 1. The largest absolute Gasteiger partial charge is 0.490 e. The summed E-state index contributed by atoms with van der Waals surface area (Å²) in [5.41, 5.74) is 7.20. The van der Waals surface area contributed by atoms with Crippen molar-refractivity contribution < 1.29 is 19.0 Å². The van der Waals surface area contributed by atoms with Gasteiger partial charge in [-0.1, -0.05) is 6.07 Å². The molecule has 5 rings (SSSR count). The molecule has 4 atom stereocenters. The van der Waals surface area contributed by atoms with Gasteiger partial charge in [-0.15, -0.1) is 0 Å². The van der Waals surface area contributed by atoms with E-state index >= 15 is 0 Å². The molecule has 0 bridgehead atoms. The maximum absolute atomic E-state index is 14.2. The van der Waals surface area contributed by atoms with Gasteiger partial charge < -0.3 is 20.3 Å². The van der Waals surface area contributed by atoms with E-state index in [-0.39, 0.29) is 24.1 Å². The number of halogens is 1. The number of benzene rings is 1. The first-order valence-electron chi connectivity index (χ1n) is 9.15. The molecule has 6 nitrogen and oxygen atoms in total. The standard InChI is InChI=1S/C20H20FN3O3/c21-18-13(2-1-7-23-18)11-3-6-16-15(8-11)20(10-26-19(22)24-20)14-5-4-12(25)9-17(14)27-16/h1-3,6-8,12,14,17,25H,4-5,9-10H2,(H2,22,24)/t12?,14?,17-,20?/m1/s1. The second-order valence-electron chi connectivity index (χ2n) is 7.45. The van der Waals surface area contributed by atoms with Gasteiger partial charge in [0, 0.05) is 29.7 Å². The van der Waals surface area contributed by atoms with Crippen LogP contribution in [-0.2, 0) is 10.3 Å². The topological polar surface area (TPSA) is 90.0 Å². The van der Waals surface area contributed by atoms with Crippen molar-refractivity contribution in [3.63, 3.8) is 0 Å². The Labute approximate surface area is 155 Å². The zero-order valence-electron chi connectivity index (χ0n) is 14.6. The van der Waals surface area contributed by atoms with Crippen molar-refractivity contribution in [2.45, 2.75) is 37.0 Å². The smallest absolute Gasteiger partial charge is 0.283 e. The molecule has 27 heavy (non-hydrogen) atoms. The number of ether oxygens (including phenoxy) is 2. The highest BCUT2D eigenvalue weighted by atomic mass is 19.1. The predicted molar refractivity (Wildman–Crippen MR) is 96.6 cm³/mol. The molecule has 0 saturated heterocycles. The Morgan fingerprint density at radius 3 is 2.93 bits per heavy atom. The van der Waals surface area contributed by atoms with E-state index in [9.17, 15) is 9.50 Å². The molecule has 2 aromatic rings. The second-order valence-corrected chi connectivity index (χ2v) is 7.45. The molecule has 140 valence electrons. The molecule has 1 fully saturated rings. The fraction of sp³-hybridized carbons (Fsp3) is 0.400. The predicted octanol–water partition coefficient (Wildman–Crippen LogP) is 2.35. The van der Waals surface area contributed by atoms with E-state index in [1.165, 1.54) is 6.20 Å². The Kier molecular flexibility index (Phi) is 3.62. The summed E-state index contributed by atoms with van der Waals surface area (Å²) < 4.78 is 26.0. The summed E-state index contributed by atoms with van der Waals surface area (Å²) in [4.78, 5) is 8.43. The van der Waals surface area contributed by atoms with E-state index in [0.717, 1.165) is 12.0 Å². The third-order valence-corrected chi connectivity index (χ3v) is 5.92. The van der Waals surface area contributed by atoms with Crippen molar-refractivity contribution in [2.24, 2.45) is 16.6 Å². The summed E-state index contributed by atoms with van der Waals surface area (Å²) in [6.45, 7) is 0.325. The van der Waals surface area contributed by atoms with Gasteiger partial charge in [0.1, 0.15) is 24.0 Å². The van der Waals surface area contributed by atoms with E-state index in [4.69, 9.17) is 15.2 Å². The zero-order valence-corrected chi connectivity index (χ0v) is 14.6. The van der Waals surface area contributed by atoms with Crippen molar-refractivity contribution in [3.8, 4) is 16.9 Å². The van der Waals surface area contributed by atoms with Crippen LogP contribution in [0.1, 0.15) is 24.8 Å². The molecule has 1 aliphatic carbocycles. The van der Waals surface area contributed by atoms with Crippen LogP contribution >= 0.6 is 0 Å². The van der Waals surface area contributed by atoms with Gasteiger partial charge in [0.2, 0.25) is 5.95 Å². The third-order valence-electron chi connectivity index (χ3n) is 5.92. The minimum atomic E-state index is -0.669. The fourth-order valence-corrected chi connectivity index (χ4v) is 4.66. The number of nitrogens with zero attached hydrogens (tertiary/aromatic N) is 2. The lowest BCUT2D eigenvalue weighted by Crippen LogP contribution is -2.51. The number of aliphatic imine (C=N–C) groups is 1. The first kappa shape index (κ1) is 16.5. The summed E-state index contributed by atoms with van der Waals surface area (Å²) in [5, 5.41) is 10.1. The highest BCUT2D eigenvalue weighted by Gasteiger charge is 2.55. The Bertz CT molecular complexity index is 934. The van der Waals surface area contributed by atoms with E-state index in [0.29, 0.717) is 36.3 Å². The number of amidine groups is 1. The molecular weight excluding hydrogens is 349 g/mol. The minimum absolute atomic E-state index is 0.0449. The van der Waals surface area contributed by atoms with Gasteiger partial charge in [0.25, 0.3) is 6.02 Å². The molecular formula is C20H20FN3O3. The van der Waals surface area contributed by atoms with Crippen LogP contribution in [-0.4, -0.2) is 34.9 Å². The van der Waals surface area contributed by atoms with Crippen LogP contribution in [0, 0.1) is 11.9 Å². The van der Waals surface area contributed by atoms with Gasteiger partial charge in [0.15, 0.2) is 0 Å². The SMILES string of the molecule is NC1=NC2(CO1)c1cc(-c3cccnc3F)ccc1O[C@@H]1CC(O)CCC12. The van der Waals surface area contributed by atoms with Crippen LogP contribution in [0.4, 0.5) is 4.39 Å². The first-order valence-corrected chi connectivity index (χ1v) is 9.15. The first-order chi connectivity index (χ1) is 13.1. The van der Waals surface area contributed by atoms with Crippen LogP contribution in [0.15, 0.2) is 41.5 Å². The molecule has 7 heteroatoms. The summed E-state index contributed by atoms with van der Waals surface area (Å²) in [6.07, 6.45) is 2.90. The Morgan fingerprint density at radius 1 is 1.26 bits per heavy atom. The lowest BCUT2D eigenvalue weighted by atomic mass is 9.67. The molecule has 1 spiro atoms. The number of nitrogens with two attached hydrogens (primary N) is 1. The highest BCUT2D eigenvalue weighted by Crippen LogP contribution is 2.53. The van der Waals surface area contributed by atoms with Crippen LogP contribution < -0.4 is 10.5 Å². The van der Waals surface area contributed by atoms with E-state index < -0.39 is 11.5 Å². The van der Waals surface area contributed by atoms with Crippen molar-refractivity contribution in [1.29, 1.82) is 0 Å². The number of fused-ring (bicyclic) bond motifs is 4. The quantitative estimate of drug-likeness (QED) is 0.753. The van der Waals surface area contributed by atoms with Gasteiger partial charge in [-0.3, -0.25) is 0 Å². The van der Waals surface area contributed by atoms with Gasteiger partial charge in [-0.05, 0) is 42.7 Å². The van der Waals surface area contributed by atoms with Crippen LogP contribution in [0.25, 0.3) is 11.1 Å². The monoisotopic (exact) mass is 369 g/mol. The summed E-state index contributed by atoms with van der Waals surface area (Å²) in [5.74, 6) is 0.205. The molecule has 3 aliphatic rings. The third kappa shape index (κ3) is 2.49. The fourth-order valence-electron chi connectivity index (χ4n) is 4.66. The second kappa shape index (κ2) is 5.92. The lowest BCUT2D eigenvalue weighted by Gasteiger charge is -2.47. The zero-order chi connectivity index (χ0) is 18.6. The maximum atomic E-state index is 14.2.